The molecule has 52 heavy (non-hydrogen) atoms. The number of nitrogens with zero attached hydrogens (tertiary/aromatic N) is 3. The molecule has 0 saturated carbocycles. The van der Waals surface area contributed by atoms with Crippen LogP contribution in [-0.2, 0) is 0 Å². The molecule has 0 bridgehead atoms. The molecule has 0 heterocycles. The molecule has 0 aliphatic heterocycles. The van der Waals surface area contributed by atoms with Gasteiger partial charge in [-0.1, -0.05) is 129 Å². The van der Waals surface area contributed by atoms with E-state index in [1.165, 1.54) is 22.4 Å². The van der Waals surface area contributed by atoms with Gasteiger partial charge in [0.1, 0.15) is 0 Å². The quantitative estimate of drug-likeness (QED) is 0.150. The third-order valence-electron chi connectivity index (χ3n) is 8.91. The minimum absolute atomic E-state index is 0.969. The highest BCUT2D eigenvalue weighted by Gasteiger charge is 2.23. The van der Waals surface area contributed by atoms with Gasteiger partial charge in [-0.25, -0.2) is 0 Å². The van der Waals surface area contributed by atoms with Crippen molar-refractivity contribution in [1.82, 2.24) is 0 Å². The summed E-state index contributed by atoms with van der Waals surface area (Å²) in [5.41, 5.74) is 14.0. The van der Waals surface area contributed by atoms with E-state index in [2.05, 4.69) is 205 Å². The lowest BCUT2D eigenvalue weighted by atomic mass is 10.0. The van der Waals surface area contributed by atoms with Crippen molar-refractivity contribution in [1.29, 1.82) is 0 Å². The molecule has 1 aliphatic rings. The van der Waals surface area contributed by atoms with Gasteiger partial charge >= 0.3 is 0 Å². The van der Waals surface area contributed by atoms with E-state index >= 15 is 0 Å². The summed E-state index contributed by atoms with van der Waals surface area (Å²) in [6.07, 6.45) is 6.58. The molecule has 0 aromatic heterocycles. The van der Waals surface area contributed by atoms with Crippen molar-refractivity contribution < 1.29 is 0 Å². The largest absolute Gasteiger partial charge is 0.314 e. The van der Waals surface area contributed by atoms with Crippen LogP contribution in [0.2, 0.25) is 0 Å². The first-order valence-electron chi connectivity index (χ1n) is 18.7. The molecule has 264 valence electrons. The molecular weight excluding hydrogens is 631 g/mol. The highest BCUT2D eigenvalue weighted by atomic mass is 15.2. The lowest BCUT2D eigenvalue weighted by Crippen LogP contribution is -2.20. The molecule has 0 atom stereocenters. The van der Waals surface area contributed by atoms with Gasteiger partial charge < -0.3 is 14.7 Å². The van der Waals surface area contributed by atoms with E-state index in [-0.39, 0.29) is 0 Å². The maximum absolute atomic E-state index is 2.45. The van der Waals surface area contributed by atoms with Crippen LogP contribution in [0.3, 0.4) is 0 Å². The monoisotopic (exact) mass is 683 g/mol. The third-order valence-corrected chi connectivity index (χ3v) is 8.91. The maximum Gasteiger partial charge on any atom is 0.0503 e. The Labute approximate surface area is 312 Å². The van der Waals surface area contributed by atoms with Crippen LogP contribution in [0.4, 0.5) is 45.5 Å². The molecule has 0 radical (unpaired) electrons. The first-order valence-corrected chi connectivity index (χ1v) is 18.7. The maximum atomic E-state index is 2.45. The first-order chi connectivity index (χ1) is 25.5. The van der Waals surface area contributed by atoms with E-state index in [9.17, 15) is 0 Å². The van der Waals surface area contributed by atoms with Gasteiger partial charge in [-0.2, -0.15) is 0 Å². The van der Waals surface area contributed by atoms with Crippen LogP contribution in [0.1, 0.15) is 58.6 Å². The van der Waals surface area contributed by atoms with Gasteiger partial charge in [-0.05, 0) is 119 Å². The number of anilines is 8. The second kappa shape index (κ2) is 18.4. The number of rotatable bonds is 9. The predicted molar refractivity (Wildman–Crippen MR) is 228 cm³/mol. The summed E-state index contributed by atoms with van der Waals surface area (Å²) in [6, 6.07) is 56.7. The number of aryl methyl sites for hydroxylation is 2. The predicted octanol–water partition coefficient (Wildman–Crippen LogP) is 15.1. The van der Waals surface area contributed by atoms with Crippen molar-refractivity contribution in [2.45, 2.75) is 61.3 Å². The molecule has 0 N–H and O–H groups in total. The fraction of sp³-hybridized carbons (Fsp3) is 0.184. The highest BCUT2D eigenvalue weighted by molar-refractivity contribution is 5.87. The van der Waals surface area contributed by atoms with E-state index in [0.29, 0.717) is 0 Å². The zero-order valence-electron chi connectivity index (χ0n) is 31.9. The van der Waals surface area contributed by atoms with Crippen LogP contribution in [-0.4, -0.2) is 0 Å². The van der Waals surface area contributed by atoms with Crippen molar-refractivity contribution in [2.24, 2.45) is 0 Å². The topological polar surface area (TPSA) is 9.72 Å². The second-order valence-electron chi connectivity index (χ2n) is 12.6. The lowest BCUT2D eigenvalue weighted by Gasteiger charge is -2.34. The summed E-state index contributed by atoms with van der Waals surface area (Å²) in [7, 11) is 0. The fourth-order valence-corrected chi connectivity index (χ4v) is 6.38. The Morgan fingerprint density at radius 1 is 0.327 bits per heavy atom. The Balaban J connectivity index is 0.00000126. The van der Waals surface area contributed by atoms with Gasteiger partial charge in [0, 0.05) is 39.8 Å². The molecule has 1 aliphatic carbocycles. The summed E-state index contributed by atoms with van der Waals surface area (Å²) >= 11 is 0. The van der Waals surface area contributed by atoms with Gasteiger partial charge in [0.25, 0.3) is 0 Å². The van der Waals surface area contributed by atoms with Gasteiger partial charge in [0.05, 0.1) is 11.4 Å². The van der Waals surface area contributed by atoms with Crippen molar-refractivity contribution in [3.05, 3.63) is 192 Å². The number of hydrogen-bond donors (Lipinski definition) is 0. The number of allylic oxidation sites excluding steroid dienone is 4. The molecule has 3 nitrogen and oxygen atoms in total. The molecule has 6 aromatic rings. The number of hydrogen-bond acceptors (Lipinski definition) is 3. The van der Waals surface area contributed by atoms with E-state index in [4.69, 9.17) is 0 Å². The lowest BCUT2D eigenvalue weighted by molar-refractivity contribution is 0.874. The molecular formula is C49H53N3. The molecule has 6 aromatic carbocycles. The highest BCUT2D eigenvalue weighted by Crippen LogP contribution is 2.45. The zero-order chi connectivity index (χ0) is 36.9. The normalized spacial score (nSPS) is 11.8. The zero-order valence-corrected chi connectivity index (χ0v) is 31.9. The first kappa shape index (κ1) is 37.5. The summed E-state index contributed by atoms with van der Waals surface area (Å²) in [5.74, 6) is 0. The summed E-state index contributed by atoms with van der Waals surface area (Å²) in [6.45, 7) is 14.5. The third kappa shape index (κ3) is 8.91. The standard InChI is InChI=1S/C45H41N3.2C2H6/c1-34-19-25-40(26-20-34)47(39-17-11-6-12-18-39)44-31-43(46(37-13-7-4-8-14-37)38-15-9-5-10-16-38)32-45(33-44)48(41-27-21-35(2)22-28-41)42-29-23-36(3)24-30-42;2*1-2/h4-23,25-29,31-33H,24,30H2,1-3H3;2*1-2H3. The van der Waals surface area contributed by atoms with Crippen molar-refractivity contribution in [3.63, 3.8) is 0 Å². The summed E-state index contributed by atoms with van der Waals surface area (Å²) < 4.78 is 0. The summed E-state index contributed by atoms with van der Waals surface area (Å²) in [5, 5.41) is 0. The van der Waals surface area contributed by atoms with Gasteiger partial charge in [0.15, 0.2) is 0 Å². The Hall–Kier alpha value is -5.80. The molecule has 0 saturated heterocycles. The Morgan fingerprint density at radius 2 is 0.654 bits per heavy atom. The Kier molecular flexibility index (Phi) is 13.3. The molecule has 3 heteroatoms. The minimum atomic E-state index is 0.969. The number of benzene rings is 6. The van der Waals surface area contributed by atoms with E-state index in [1.54, 1.807) is 0 Å². The second-order valence-corrected chi connectivity index (χ2v) is 12.6. The van der Waals surface area contributed by atoms with E-state index < -0.39 is 0 Å². The van der Waals surface area contributed by atoms with E-state index in [0.717, 1.165) is 58.3 Å². The van der Waals surface area contributed by atoms with Crippen LogP contribution in [0.25, 0.3) is 0 Å². The van der Waals surface area contributed by atoms with Crippen molar-refractivity contribution >= 4 is 45.5 Å². The SMILES string of the molecule is CC.CC.CC1=CC=C(N(c2ccc(C)cc2)c2cc(N(c3ccccc3)c3ccccc3)cc(N(c3ccccc3)c3ccc(C)cc3)c2)CC1. The Bertz CT molecular complexity index is 1990. The minimum Gasteiger partial charge on any atom is -0.314 e. The van der Waals surface area contributed by atoms with Crippen molar-refractivity contribution in [3.8, 4) is 0 Å². The van der Waals surface area contributed by atoms with Gasteiger partial charge in [-0.3, -0.25) is 0 Å². The fourth-order valence-electron chi connectivity index (χ4n) is 6.38. The van der Waals surface area contributed by atoms with Gasteiger partial charge in [0.2, 0.25) is 0 Å². The number of para-hydroxylation sites is 3. The Morgan fingerprint density at radius 3 is 1.00 bits per heavy atom. The van der Waals surface area contributed by atoms with E-state index in [1.807, 2.05) is 27.7 Å². The van der Waals surface area contributed by atoms with Crippen LogP contribution in [0, 0.1) is 13.8 Å². The average Bonchev–Trinajstić information content (AvgIpc) is 3.20. The molecule has 7 rings (SSSR count). The molecule has 0 amide bonds. The van der Waals surface area contributed by atoms with Crippen LogP contribution in [0.15, 0.2) is 181 Å². The smallest absolute Gasteiger partial charge is 0.0503 e. The summed E-state index contributed by atoms with van der Waals surface area (Å²) in [4.78, 5) is 7.17. The average molecular weight is 684 g/mol. The molecule has 0 spiro atoms. The van der Waals surface area contributed by atoms with Gasteiger partial charge in [-0.15, -0.1) is 0 Å². The molecule has 0 fully saturated rings. The van der Waals surface area contributed by atoms with Crippen LogP contribution in [0.5, 0.6) is 0 Å². The molecule has 0 unspecified atom stereocenters. The van der Waals surface area contributed by atoms with Crippen LogP contribution < -0.4 is 14.7 Å². The van der Waals surface area contributed by atoms with Crippen LogP contribution >= 0.6 is 0 Å². The van der Waals surface area contributed by atoms with Crippen molar-refractivity contribution in [2.75, 3.05) is 14.7 Å².